The van der Waals surface area contributed by atoms with E-state index in [1.807, 2.05) is 26.0 Å². The molecule has 1 aliphatic rings. The van der Waals surface area contributed by atoms with E-state index in [0.29, 0.717) is 24.1 Å². The van der Waals surface area contributed by atoms with Gasteiger partial charge in [0.2, 0.25) is 11.8 Å². The van der Waals surface area contributed by atoms with Gasteiger partial charge in [0.15, 0.2) is 0 Å². The molecular formula is C30H45N3O4. The summed E-state index contributed by atoms with van der Waals surface area (Å²) in [5.74, 6) is 2.27. The Hall–Kier alpha value is -3.01. The van der Waals surface area contributed by atoms with E-state index in [9.17, 15) is 14.4 Å². The third-order valence-electron chi connectivity index (χ3n) is 6.42. The maximum absolute atomic E-state index is 14.2. The Labute approximate surface area is 223 Å². The molecule has 0 bridgehead atoms. The SMILES string of the molecule is C#Cc1ccc(C(C(=O)NCCCCC)N(C(=O)C(CC(C)C)NC(=O)OC(C)(C)C)C2CCC2)cc1. The molecule has 2 atom stereocenters. The standard InChI is InChI=1S/C30H45N3O4/c1-8-10-11-19-31-27(34)26(23-17-15-22(9-2)16-18-23)33(24-13-12-14-24)28(35)25(20-21(3)4)32-29(36)37-30(5,6)7/h2,15-18,21,24-26H,8,10-14,19-20H2,1,3-7H3,(H,31,34)(H,32,36). The minimum Gasteiger partial charge on any atom is -0.444 e. The molecular weight excluding hydrogens is 466 g/mol. The molecule has 0 radical (unpaired) electrons. The number of rotatable bonds is 12. The smallest absolute Gasteiger partial charge is 0.408 e. The molecule has 2 rings (SSSR count). The van der Waals surface area contributed by atoms with Gasteiger partial charge in [-0.25, -0.2) is 4.79 Å². The lowest BCUT2D eigenvalue weighted by Crippen LogP contribution is -2.57. The van der Waals surface area contributed by atoms with Crippen LogP contribution < -0.4 is 10.6 Å². The van der Waals surface area contributed by atoms with Gasteiger partial charge in [0.05, 0.1) is 0 Å². The lowest BCUT2D eigenvalue weighted by Gasteiger charge is -2.43. The van der Waals surface area contributed by atoms with Gasteiger partial charge in [0.1, 0.15) is 17.7 Å². The van der Waals surface area contributed by atoms with Crippen molar-refractivity contribution in [3.8, 4) is 12.3 Å². The number of nitrogens with zero attached hydrogens (tertiary/aromatic N) is 1. The zero-order valence-electron chi connectivity index (χ0n) is 23.4. The molecule has 1 aromatic carbocycles. The lowest BCUT2D eigenvalue weighted by atomic mass is 9.87. The molecule has 1 fully saturated rings. The topological polar surface area (TPSA) is 87.7 Å². The van der Waals surface area contributed by atoms with Crippen LogP contribution in [0.25, 0.3) is 0 Å². The summed E-state index contributed by atoms with van der Waals surface area (Å²) in [7, 11) is 0. The number of amides is 3. The van der Waals surface area contributed by atoms with Gasteiger partial charge in [-0.3, -0.25) is 9.59 Å². The molecule has 1 aliphatic carbocycles. The van der Waals surface area contributed by atoms with Crippen LogP contribution in [0.2, 0.25) is 0 Å². The van der Waals surface area contributed by atoms with Gasteiger partial charge >= 0.3 is 6.09 Å². The highest BCUT2D eigenvalue weighted by molar-refractivity contribution is 5.92. The van der Waals surface area contributed by atoms with E-state index in [2.05, 4.69) is 23.5 Å². The average molecular weight is 512 g/mol. The fourth-order valence-corrected chi connectivity index (χ4v) is 4.39. The second kappa shape index (κ2) is 14.1. The first kappa shape index (κ1) is 30.2. The quantitative estimate of drug-likeness (QED) is 0.293. The maximum atomic E-state index is 14.2. The van der Waals surface area contributed by atoms with E-state index < -0.39 is 23.8 Å². The predicted octanol–water partition coefficient (Wildman–Crippen LogP) is 5.34. The summed E-state index contributed by atoms with van der Waals surface area (Å²) in [5, 5.41) is 5.85. The van der Waals surface area contributed by atoms with Crippen LogP contribution in [0.1, 0.15) is 104 Å². The van der Waals surface area contributed by atoms with Gasteiger partial charge in [0.25, 0.3) is 0 Å². The number of benzene rings is 1. The molecule has 0 aromatic heterocycles. The summed E-state index contributed by atoms with van der Waals surface area (Å²) in [6.07, 6.45) is 10.9. The normalized spacial score (nSPS) is 15.2. The Kier molecular flexibility index (Phi) is 11.5. The number of carbonyl (C=O) groups excluding carboxylic acids is 3. The molecule has 0 saturated heterocycles. The van der Waals surface area contributed by atoms with Crippen LogP contribution in [0, 0.1) is 18.3 Å². The fourth-order valence-electron chi connectivity index (χ4n) is 4.39. The van der Waals surface area contributed by atoms with Crippen LogP contribution in [-0.2, 0) is 14.3 Å². The van der Waals surface area contributed by atoms with E-state index in [4.69, 9.17) is 11.2 Å². The van der Waals surface area contributed by atoms with E-state index >= 15 is 0 Å². The van der Waals surface area contributed by atoms with Crippen LogP contribution in [0.3, 0.4) is 0 Å². The number of unbranched alkanes of at least 4 members (excludes halogenated alkanes) is 2. The van der Waals surface area contributed by atoms with Gasteiger partial charge in [-0.05, 0) is 76.5 Å². The van der Waals surface area contributed by atoms with Crippen molar-refractivity contribution in [2.75, 3.05) is 6.54 Å². The first-order chi connectivity index (χ1) is 17.5. The Morgan fingerprint density at radius 2 is 1.78 bits per heavy atom. The highest BCUT2D eigenvalue weighted by atomic mass is 16.6. The number of alkyl carbamates (subject to hydrolysis) is 1. The highest BCUT2D eigenvalue weighted by Crippen LogP contribution is 2.34. The summed E-state index contributed by atoms with van der Waals surface area (Å²) < 4.78 is 5.46. The summed E-state index contributed by atoms with van der Waals surface area (Å²) in [4.78, 5) is 42.2. The Balaban J connectivity index is 2.44. The molecule has 1 saturated carbocycles. The van der Waals surface area contributed by atoms with Crippen molar-refractivity contribution in [2.45, 2.75) is 110 Å². The molecule has 0 spiro atoms. The summed E-state index contributed by atoms with van der Waals surface area (Å²) in [6, 6.07) is 5.52. The van der Waals surface area contributed by atoms with Crippen LogP contribution in [-0.4, -0.2) is 47.0 Å². The largest absolute Gasteiger partial charge is 0.444 e. The molecule has 1 aromatic rings. The van der Waals surface area contributed by atoms with Crippen LogP contribution in [0.5, 0.6) is 0 Å². The average Bonchev–Trinajstić information content (AvgIpc) is 2.78. The Bertz CT molecular complexity index is 939. The molecule has 2 unspecified atom stereocenters. The number of ether oxygens (including phenoxy) is 1. The zero-order valence-corrected chi connectivity index (χ0v) is 23.4. The van der Waals surface area contributed by atoms with E-state index in [1.54, 1.807) is 37.8 Å². The van der Waals surface area contributed by atoms with Crippen LogP contribution in [0.4, 0.5) is 4.79 Å². The van der Waals surface area contributed by atoms with Crippen LogP contribution in [0.15, 0.2) is 24.3 Å². The molecule has 37 heavy (non-hydrogen) atoms. The zero-order chi connectivity index (χ0) is 27.6. The minimum absolute atomic E-state index is 0.0821. The summed E-state index contributed by atoms with van der Waals surface area (Å²) in [5.41, 5.74) is 0.715. The first-order valence-corrected chi connectivity index (χ1v) is 13.6. The number of hydrogen-bond donors (Lipinski definition) is 2. The minimum atomic E-state index is -0.818. The first-order valence-electron chi connectivity index (χ1n) is 13.6. The lowest BCUT2D eigenvalue weighted by molar-refractivity contribution is -0.147. The molecule has 7 nitrogen and oxygen atoms in total. The van der Waals surface area contributed by atoms with Crippen molar-refractivity contribution in [1.82, 2.24) is 15.5 Å². The van der Waals surface area contributed by atoms with Crippen molar-refractivity contribution >= 4 is 17.9 Å². The molecule has 0 aliphatic heterocycles. The number of nitrogens with one attached hydrogen (secondary N) is 2. The Morgan fingerprint density at radius 1 is 1.14 bits per heavy atom. The van der Waals surface area contributed by atoms with E-state index in [-0.39, 0.29) is 23.8 Å². The van der Waals surface area contributed by atoms with Crippen molar-refractivity contribution < 1.29 is 19.1 Å². The molecule has 7 heteroatoms. The number of carbonyl (C=O) groups is 3. The van der Waals surface area contributed by atoms with Crippen molar-refractivity contribution in [2.24, 2.45) is 5.92 Å². The van der Waals surface area contributed by atoms with Crippen molar-refractivity contribution in [3.05, 3.63) is 35.4 Å². The molecule has 204 valence electrons. The summed E-state index contributed by atoms with van der Waals surface area (Å²) in [6.45, 7) is 12.0. The van der Waals surface area contributed by atoms with E-state index in [1.165, 1.54) is 0 Å². The predicted molar refractivity (Wildman–Crippen MR) is 147 cm³/mol. The maximum Gasteiger partial charge on any atom is 0.408 e. The van der Waals surface area contributed by atoms with Gasteiger partial charge in [-0.15, -0.1) is 6.42 Å². The van der Waals surface area contributed by atoms with Gasteiger partial charge < -0.3 is 20.3 Å². The van der Waals surface area contributed by atoms with Gasteiger partial charge in [0, 0.05) is 18.2 Å². The van der Waals surface area contributed by atoms with Crippen LogP contribution >= 0.6 is 0 Å². The number of terminal acetylenes is 1. The van der Waals surface area contributed by atoms with E-state index in [0.717, 1.165) is 38.5 Å². The fraction of sp³-hybridized carbons (Fsp3) is 0.633. The second-order valence-corrected chi connectivity index (χ2v) is 11.3. The monoisotopic (exact) mass is 511 g/mol. The van der Waals surface area contributed by atoms with Crippen molar-refractivity contribution in [3.63, 3.8) is 0 Å². The van der Waals surface area contributed by atoms with Gasteiger partial charge in [-0.2, -0.15) is 0 Å². The highest BCUT2D eigenvalue weighted by Gasteiger charge is 2.42. The molecule has 0 heterocycles. The number of hydrogen-bond acceptors (Lipinski definition) is 4. The third-order valence-corrected chi connectivity index (χ3v) is 6.42. The third kappa shape index (κ3) is 9.42. The Morgan fingerprint density at radius 3 is 2.27 bits per heavy atom. The second-order valence-electron chi connectivity index (χ2n) is 11.3. The molecule has 2 N–H and O–H groups in total. The van der Waals surface area contributed by atoms with Gasteiger partial charge in [-0.1, -0.05) is 51.7 Å². The summed E-state index contributed by atoms with van der Waals surface area (Å²) >= 11 is 0. The molecule has 3 amide bonds. The van der Waals surface area contributed by atoms with Crippen molar-refractivity contribution in [1.29, 1.82) is 0 Å².